The number of benzene rings is 3. The van der Waals surface area contributed by atoms with Gasteiger partial charge in [0.1, 0.15) is 11.4 Å². The van der Waals surface area contributed by atoms with Crippen molar-refractivity contribution in [2.75, 3.05) is 5.32 Å². The van der Waals surface area contributed by atoms with Gasteiger partial charge < -0.3 is 14.8 Å². The van der Waals surface area contributed by atoms with Crippen molar-refractivity contribution in [1.29, 1.82) is 0 Å². The van der Waals surface area contributed by atoms with Crippen molar-refractivity contribution >= 4 is 22.8 Å². The molecular formula is C21H10F7NO3. The summed E-state index contributed by atoms with van der Waals surface area (Å²) in [6.45, 7) is 0. The first-order valence-corrected chi connectivity index (χ1v) is 8.79. The molecule has 4 aromatic rings. The first-order valence-electron chi connectivity index (χ1n) is 8.79. The smallest absolute Gasteiger partial charge is 0.416 e. The lowest BCUT2D eigenvalue weighted by atomic mass is 9.97. The van der Waals surface area contributed by atoms with E-state index in [2.05, 4.69) is 5.32 Å². The van der Waals surface area contributed by atoms with Crippen molar-refractivity contribution in [3.05, 3.63) is 71.0 Å². The Labute approximate surface area is 174 Å². The molecule has 0 aliphatic rings. The van der Waals surface area contributed by atoms with Gasteiger partial charge in [0.15, 0.2) is 11.3 Å². The lowest BCUT2D eigenvalue weighted by Gasteiger charge is -2.12. The van der Waals surface area contributed by atoms with Gasteiger partial charge in [-0.05, 0) is 35.9 Å². The van der Waals surface area contributed by atoms with E-state index in [1.54, 1.807) is 0 Å². The number of furan rings is 2. The van der Waals surface area contributed by atoms with Gasteiger partial charge in [0.25, 0.3) is 5.91 Å². The van der Waals surface area contributed by atoms with E-state index < -0.39 is 46.6 Å². The fourth-order valence-electron chi connectivity index (χ4n) is 3.29. The zero-order chi connectivity index (χ0) is 23.4. The van der Waals surface area contributed by atoms with Crippen molar-refractivity contribution in [2.24, 2.45) is 0 Å². The number of hydrogen-bond donors (Lipinski definition) is 2. The predicted octanol–water partition coefficient (Wildman–Crippen LogP) is 6.67. The molecule has 2 heterocycles. The van der Waals surface area contributed by atoms with Crippen LogP contribution >= 0.6 is 0 Å². The Balaban J connectivity index is 1.79. The molecular weight excluding hydrogens is 447 g/mol. The molecule has 2 aromatic heterocycles. The Hall–Kier alpha value is -3.76. The molecule has 32 heavy (non-hydrogen) atoms. The van der Waals surface area contributed by atoms with Gasteiger partial charge in [-0.15, -0.1) is 0 Å². The molecule has 0 unspecified atom stereocenters. The van der Waals surface area contributed by atoms with Crippen LogP contribution in [0.1, 0.15) is 21.5 Å². The summed E-state index contributed by atoms with van der Waals surface area (Å²) in [4.78, 5) is 12.8. The summed E-state index contributed by atoms with van der Waals surface area (Å²) in [6.07, 6.45) is -9.57. The number of phenols is 1. The second-order valence-electron chi connectivity index (χ2n) is 6.83. The van der Waals surface area contributed by atoms with Crippen molar-refractivity contribution in [1.82, 2.24) is 0 Å². The highest BCUT2D eigenvalue weighted by Gasteiger charge is 2.34. The number of rotatable bonds is 3. The molecule has 0 fully saturated rings. The highest BCUT2D eigenvalue weighted by molar-refractivity contribution is 6.17. The molecule has 2 aromatic carbocycles. The fourth-order valence-corrected chi connectivity index (χ4v) is 3.29. The van der Waals surface area contributed by atoms with Crippen LogP contribution in [0.4, 0.5) is 36.4 Å². The fraction of sp³-hybridized carbons (Fsp3) is 0.0952. The molecule has 0 atom stereocenters. The van der Waals surface area contributed by atoms with Crippen molar-refractivity contribution in [3.8, 4) is 16.9 Å². The molecule has 0 aliphatic heterocycles. The number of carbonyl (C=O) groups is 1. The number of amides is 1. The van der Waals surface area contributed by atoms with Crippen LogP contribution in [0, 0.1) is 5.82 Å². The Morgan fingerprint density at radius 2 is 1.59 bits per heavy atom. The molecule has 0 saturated heterocycles. The van der Waals surface area contributed by atoms with Gasteiger partial charge in [-0.25, -0.2) is 4.39 Å². The van der Waals surface area contributed by atoms with Crippen molar-refractivity contribution < 1.29 is 45.1 Å². The number of aromatic hydroxyl groups is 1. The Bertz CT molecular complexity index is 1320. The molecule has 2 N–H and O–H groups in total. The molecule has 0 saturated carbocycles. The van der Waals surface area contributed by atoms with Gasteiger partial charge in [-0.3, -0.25) is 4.79 Å². The first kappa shape index (κ1) is 21.5. The molecule has 166 valence electrons. The maximum atomic E-state index is 13.6. The highest BCUT2D eigenvalue weighted by atomic mass is 19.4. The number of alkyl halides is 6. The Morgan fingerprint density at radius 3 is 2.25 bits per heavy atom. The maximum Gasteiger partial charge on any atom is 0.416 e. The highest BCUT2D eigenvalue weighted by Crippen LogP contribution is 2.44. The average molecular weight is 457 g/mol. The van der Waals surface area contributed by atoms with E-state index in [-0.39, 0.29) is 33.9 Å². The second-order valence-corrected chi connectivity index (χ2v) is 6.83. The molecule has 1 amide bonds. The number of halogens is 7. The van der Waals surface area contributed by atoms with Crippen LogP contribution in [0.15, 0.2) is 52.9 Å². The quantitative estimate of drug-likeness (QED) is 0.338. The van der Waals surface area contributed by atoms with Crippen molar-refractivity contribution in [2.45, 2.75) is 12.4 Å². The third-order valence-electron chi connectivity index (χ3n) is 4.62. The summed E-state index contributed by atoms with van der Waals surface area (Å²) in [6, 6.07) is 6.30. The summed E-state index contributed by atoms with van der Waals surface area (Å²) >= 11 is 0. The standard InChI is InChI=1S/C21H10F7NO3/c22-12-5-11(21(26,27)28)6-13(7-12)29-19(31)17-15-8-14(30)18(32-15)16(17)9-2-1-3-10(4-9)20(23,24)25/h1-8,30H,(H,29,31). The zero-order valence-electron chi connectivity index (χ0n) is 15.5. The van der Waals surface area contributed by atoms with Gasteiger partial charge in [0, 0.05) is 17.3 Å². The van der Waals surface area contributed by atoms with Gasteiger partial charge in [-0.2, -0.15) is 26.3 Å². The van der Waals surface area contributed by atoms with E-state index in [9.17, 15) is 40.6 Å². The van der Waals surface area contributed by atoms with E-state index in [4.69, 9.17) is 4.42 Å². The largest absolute Gasteiger partial charge is 0.504 e. The predicted molar refractivity (Wildman–Crippen MR) is 98.9 cm³/mol. The molecule has 11 heteroatoms. The second kappa shape index (κ2) is 7.14. The minimum Gasteiger partial charge on any atom is -0.504 e. The molecule has 4 nitrogen and oxygen atoms in total. The lowest BCUT2D eigenvalue weighted by Crippen LogP contribution is -2.14. The van der Waals surface area contributed by atoms with Gasteiger partial charge >= 0.3 is 12.4 Å². The number of fused-ring (bicyclic) bond motifs is 2. The van der Waals surface area contributed by atoms with E-state index in [0.29, 0.717) is 12.1 Å². The molecule has 2 bridgehead atoms. The third kappa shape index (κ3) is 3.81. The normalized spacial score (nSPS) is 12.5. The van der Waals surface area contributed by atoms with Crippen LogP contribution in [0.25, 0.3) is 22.3 Å². The summed E-state index contributed by atoms with van der Waals surface area (Å²) in [7, 11) is 0. The van der Waals surface area contributed by atoms with Crippen LogP contribution in [0.5, 0.6) is 5.75 Å². The van der Waals surface area contributed by atoms with E-state index in [0.717, 1.165) is 24.3 Å². The molecule has 0 aliphatic carbocycles. The van der Waals surface area contributed by atoms with Crippen LogP contribution in [-0.4, -0.2) is 11.0 Å². The van der Waals surface area contributed by atoms with Gasteiger partial charge in [-0.1, -0.05) is 12.1 Å². The number of nitrogens with one attached hydrogen (secondary N) is 1. The molecule has 0 spiro atoms. The van der Waals surface area contributed by atoms with Crippen LogP contribution in [0.3, 0.4) is 0 Å². The van der Waals surface area contributed by atoms with E-state index in [1.807, 2.05) is 0 Å². The Morgan fingerprint density at radius 1 is 0.906 bits per heavy atom. The summed E-state index contributed by atoms with van der Waals surface area (Å²) in [5, 5.41) is 12.0. The van der Waals surface area contributed by atoms with Gasteiger partial charge in [0.2, 0.25) is 0 Å². The maximum absolute atomic E-state index is 13.6. The van der Waals surface area contributed by atoms with Crippen LogP contribution in [-0.2, 0) is 12.4 Å². The molecule has 4 rings (SSSR count). The molecule has 0 radical (unpaired) electrons. The topological polar surface area (TPSA) is 62.5 Å². The van der Waals surface area contributed by atoms with Crippen LogP contribution in [0.2, 0.25) is 0 Å². The van der Waals surface area contributed by atoms with Gasteiger partial charge in [0.05, 0.1) is 16.7 Å². The summed E-state index contributed by atoms with van der Waals surface area (Å²) in [5.74, 6) is -2.76. The third-order valence-corrected chi connectivity index (χ3v) is 4.62. The monoisotopic (exact) mass is 457 g/mol. The number of anilines is 1. The van der Waals surface area contributed by atoms with E-state index in [1.165, 1.54) is 6.07 Å². The minimum absolute atomic E-state index is 0.121. The summed E-state index contributed by atoms with van der Waals surface area (Å²) < 4.78 is 97.0. The van der Waals surface area contributed by atoms with Crippen molar-refractivity contribution in [3.63, 3.8) is 0 Å². The lowest BCUT2D eigenvalue weighted by molar-refractivity contribution is -0.138. The summed E-state index contributed by atoms with van der Waals surface area (Å²) in [5.41, 5.74) is -4.02. The number of hydrogen-bond acceptors (Lipinski definition) is 3. The average Bonchev–Trinajstić information content (AvgIpc) is 3.23. The Kier molecular flexibility index (Phi) is 4.79. The minimum atomic E-state index is -4.88. The number of carbonyl (C=O) groups excluding carboxylic acids is 1. The first-order chi connectivity index (χ1) is 14.8. The zero-order valence-corrected chi connectivity index (χ0v) is 15.5. The van der Waals surface area contributed by atoms with E-state index >= 15 is 0 Å². The van der Waals surface area contributed by atoms with Crippen LogP contribution < -0.4 is 5.32 Å². The number of phenolic OH excluding ortho intramolecular Hbond substituents is 1. The SMILES string of the molecule is O=C(Nc1cc(F)cc(C(F)(F)F)c1)c1c(-c2cccc(C(F)(F)F)c2)c2oc1cc2O.